The maximum Gasteiger partial charge on any atom is 0.332 e. The third kappa shape index (κ3) is 1.07. The van der Waals surface area contributed by atoms with Crippen LogP contribution in [0.1, 0.15) is 25.7 Å². The number of carbonyl (C=O) groups excluding carboxylic acids is 1. The van der Waals surface area contributed by atoms with E-state index in [1.54, 1.807) is 6.08 Å². The predicted octanol–water partition coefficient (Wildman–Crippen LogP) is 1.41. The van der Waals surface area contributed by atoms with Gasteiger partial charge in [-0.2, -0.15) is 0 Å². The van der Waals surface area contributed by atoms with Crippen molar-refractivity contribution in [1.82, 2.24) is 4.90 Å². The molecular weight excluding hydrogens is 226 g/mol. The zero-order valence-corrected chi connectivity index (χ0v) is 10.2. The molecule has 0 aromatic carbocycles. The molecule has 92 valence electrons. The summed E-state index contributed by atoms with van der Waals surface area (Å²) in [4.78, 5) is 14.2. The minimum atomic E-state index is -0.432. The topological polar surface area (TPSA) is 29.5 Å². The van der Waals surface area contributed by atoms with E-state index in [9.17, 15) is 4.79 Å². The van der Waals surface area contributed by atoms with Crippen LogP contribution in [0.5, 0.6) is 0 Å². The standard InChI is InChI=1S/C15H15NO2/c1-2-10-7-11-9-15(12(10)8-14(17)18-15)13-5-3-4-6-16(11)13/h1,7-8,11,13H,3-6,9H2. The van der Waals surface area contributed by atoms with E-state index in [0.29, 0.717) is 12.1 Å². The third-order valence-electron chi connectivity index (χ3n) is 4.83. The van der Waals surface area contributed by atoms with Gasteiger partial charge in [0.05, 0.1) is 6.04 Å². The quantitative estimate of drug-likeness (QED) is 0.474. The molecule has 0 amide bonds. The number of terminal acetylenes is 1. The van der Waals surface area contributed by atoms with Crippen molar-refractivity contribution < 1.29 is 9.53 Å². The lowest BCUT2D eigenvalue weighted by atomic mass is 9.77. The first-order valence-corrected chi connectivity index (χ1v) is 6.64. The van der Waals surface area contributed by atoms with E-state index in [1.165, 1.54) is 12.8 Å². The molecule has 1 spiro atoms. The molecule has 3 aliphatic heterocycles. The van der Waals surface area contributed by atoms with Crippen LogP contribution >= 0.6 is 0 Å². The molecule has 2 saturated heterocycles. The normalized spacial score (nSPS) is 41.4. The molecule has 0 radical (unpaired) electrons. The first kappa shape index (κ1) is 10.4. The van der Waals surface area contributed by atoms with Crippen molar-refractivity contribution in [2.75, 3.05) is 6.54 Å². The molecule has 3 heteroatoms. The molecule has 1 aliphatic carbocycles. The van der Waals surface area contributed by atoms with Crippen molar-refractivity contribution in [3.63, 3.8) is 0 Å². The Labute approximate surface area is 106 Å². The van der Waals surface area contributed by atoms with E-state index in [1.807, 2.05) is 0 Å². The second-order valence-electron chi connectivity index (χ2n) is 5.61. The zero-order valence-electron chi connectivity index (χ0n) is 10.2. The summed E-state index contributed by atoms with van der Waals surface area (Å²) < 4.78 is 5.74. The summed E-state index contributed by atoms with van der Waals surface area (Å²) in [5, 5.41) is 0. The van der Waals surface area contributed by atoms with E-state index in [0.717, 1.165) is 30.5 Å². The fourth-order valence-electron chi connectivity index (χ4n) is 4.19. The van der Waals surface area contributed by atoms with Crippen LogP contribution in [0, 0.1) is 12.3 Å². The van der Waals surface area contributed by atoms with Crippen molar-refractivity contribution >= 4 is 5.97 Å². The number of hydrogen-bond acceptors (Lipinski definition) is 3. The van der Waals surface area contributed by atoms with Crippen LogP contribution in [0.15, 0.2) is 23.3 Å². The summed E-state index contributed by atoms with van der Waals surface area (Å²) in [5.41, 5.74) is 1.39. The van der Waals surface area contributed by atoms with Gasteiger partial charge >= 0.3 is 5.97 Å². The minimum Gasteiger partial charge on any atom is -0.449 e. The predicted molar refractivity (Wildman–Crippen MR) is 66.6 cm³/mol. The SMILES string of the molecule is C#CC1=CC2CC3(OC(=O)C=C13)C1CCCCN21. The van der Waals surface area contributed by atoms with Gasteiger partial charge in [-0.3, -0.25) is 4.90 Å². The highest BCUT2D eigenvalue weighted by Crippen LogP contribution is 2.53. The van der Waals surface area contributed by atoms with Crippen molar-refractivity contribution in [3.8, 4) is 12.3 Å². The van der Waals surface area contributed by atoms with Crippen molar-refractivity contribution in [2.45, 2.75) is 43.4 Å². The van der Waals surface area contributed by atoms with E-state index >= 15 is 0 Å². The van der Waals surface area contributed by atoms with Crippen molar-refractivity contribution in [3.05, 3.63) is 23.3 Å². The molecule has 3 nitrogen and oxygen atoms in total. The van der Waals surface area contributed by atoms with Gasteiger partial charge < -0.3 is 4.74 Å². The zero-order chi connectivity index (χ0) is 12.3. The van der Waals surface area contributed by atoms with E-state index in [4.69, 9.17) is 11.2 Å². The number of carbonyl (C=O) groups is 1. The largest absolute Gasteiger partial charge is 0.449 e. The highest BCUT2D eigenvalue weighted by Gasteiger charge is 2.61. The van der Waals surface area contributed by atoms with Gasteiger partial charge in [-0.05, 0) is 19.4 Å². The van der Waals surface area contributed by atoms with Gasteiger partial charge in [0.25, 0.3) is 0 Å². The highest BCUT2D eigenvalue weighted by molar-refractivity contribution is 5.90. The monoisotopic (exact) mass is 241 g/mol. The summed E-state index contributed by atoms with van der Waals surface area (Å²) >= 11 is 0. The van der Waals surface area contributed by atoms with Gasteiger partial charge in [0.15, 0.2) is 5.60 Å². The Morgan fingerprint density at radius 1 is 1.50 bits per heavy atom. The van der Waals surface area contributed by atoms with E-state index < -0.39 is 5.60 Å². The lowest BCUT2D eigenvalue weighted by molar-refractivity contribution is -0.148. The Hall–Kier alpha value is -1.53. The number of hydrogen-bond donors (Lipinski definition) is 0. The average Bonchev–Trinajstić information content (AvgIpc) is 2.86. The van der Waals surface area contributed by atoms with Gasteiger partial charge in [-0.1, -0.05) is 18.4 Å². The maximum atomic E-state index is 11.7. The van der Waals surface area contributed by atoms with Crippen LogP contribution in [0.3, 0.4) is 0 Å². The smallest absolute Gasteiger partial charge is 0.332 e. The number of ether oxygens (including phenoxy) is 1. The molecule has 0 N–H and O–H groups in total. The fraction of sp³-hybridized carbons (Fsp3) is 0.533. The molecule has 2 fully saturated rings. The summed E-state index contributed by atoms with van der Waals surface area (Å²) in [6.07, 6.45) is 13.8. The van der Waals surface area contributed by atoms with Crippen molar-refractivity contribution in [1.29, 1.82) is 0 Å². The summed E-state index contributed by atoms with van der Waals surface area (Å²) in [5.74, 6) is 2.51. The fourth-order valence-corrected chi connectivity index (χ4v) is 4.19. The number of esters is 1. The Morgan fingerprint density at radius 3 is 3.22 bits per heavy atom. The second-order valence-corrected chi connectivity index (χ2v) is 5.61. The highest BCUT2D eigenvalue weighted by atomic mass is 16.6. The Balaban J connectivity index is 1.89. The van der Waals surface area contributed by atoms with Gasteiger partial charge in [0.1, 0.15) is 0 Å². The molecule has 3 unspecified atom stereocenters. The van der Waals surface area contributed by atoms with E-state index in [2.05, 4.69) is 16.9 Å². The summed E-state index contributed by atoms with van der Waals surface area (Å²) in [7, 11) is 0. The molecule has 4 rings (SSSR count). The lowest BCUT2D eigenvalue weighted by Crippen LogP contribution is -2.48. The lowest BCUT2D eigenvalue weighted by Gasteiger charge is -2.38. The molecule has 2 bridgehead atoms. The molecule has 18 heavy (non-hydrogen) atoms. The molecule has 3 atom stereocenters. The van der Waals surface area contributed by atoms with Gasteiger partial charge in [0, 0.05) is 29.7 Å². The first-order chi connectivity index (χ1) is 8.74. The number of piperidine rings is 1. The Bertz CT molecular complexity index is 539. The molecule has 3 heterocycles. The summed E-state index contributed by atoms with van der Waals surface area (Å²) in [6.45, 7) is 1.09. The number of rotatable bonds is 0. The second kappa shape index (κ2) is 3.27. The third-order valence-corrected chi connectivity index (χ3v) is 4.83. The number of fused-ring (bicyclic) bond motifs is 3. The molecule has 0 aromatic rings. The molecular formula is C15H15NO2. The van der Waals surface area contributed by atoms with Crippen LogP contribution in [0.4, 0.5) is 0 Å². The summed E-state index contributed by atoms with van der Waals surface area (Å²) in [6, 6.07) is 0.681. The number of nitrogens with zero attached hydrogens (tertiary/aromatic N) is 1. The van der Waals surface area contributed by atoms with Crippen LogP contribution in [-0.4, -0.2) is 35.1 Å². The average molecular weight is 241 g/mol. The molecule has 0 aromatic heterocycles. The van der Waals surface area contributed by atoms with Crippen LogP contribution < -0.4 is 0 Å². The van der Waals surface area contributed by atoms with Gasteiger partial charge in [-0.25, -0.2) is 4.79 Å². The van der Waals surface area contributed by atoms with Crippen LogP contribution in [0.25, 0.3) is 0 Å². The van der Waals surface area contributed by atoms with Crippen LogP contribution in [0.2, 0.25) is 0 Å². The first-order valence-electron chi connectivity index (χ1n) is 6.64. The van der Waals surface area contributed by atoms with Gasteiger partial charge in [0.2, 0.25) is 0 Å². The molecule has 0 saturated carbocycles. The molecule has 4 aliphatic rings. The maximum absolute atomic E-state index is 11.7. The van der Waals surface area contributed by atoms with Crippen LogP contribution in [-0.2, 0) is 9.53 Å². The minimum absolute atomic E-state index is 0.223. The van der Waals surface area contributed by atoms with Crippen molar-refractivity contribution in [2.24, 2.45) is 0 Å². The van der Waals surface area contributed by atoms with Gasteiger partial charge in [-0.15, -0.1) is 6.42 Å². The Morgan fingerprint density at radius 2 is 2.39 bits per heavy atom. The van der Waals surface area contributed by atoms with E-state index in [-0.39, 0.29) is 5.97 Å². The Kier molecular flexibility index (Phi) is 1.89.